The first kappa shape index (κ1) is 24.9. The van der Waals surface area contributed by atoms with Crippen LogP contribution in [-0.2, 0) is 19.5 Å². The van der Waals surface area contributed by atoms with Crippen LogP contribution >= 0.6 is 0 Å². The fraction of sp³-hybridized carbons (Fsp3) is 0.500. The van der Waals surface area contributed by atoms with Crippen LogP contribution in [0.5, 0.6) is 5.88 Å². The summed E-state index contributed by atoms with van der Waals surface area (Å²) in [7, 11) is -2.45. The third-order valence-electron chi connectivity index (χ3n) is 5.55. The number of nitrogens with one attached hydrogen (secondary N) is 1. The number of sulfonamides is 1. The SMILES string of the molecule is CCCO[C@H](c1ncc(C)cn1)[C@H](C)S(=O)(=O)Nc1nnc2n1[C@@H](COC)COc1ncccc1-2. The summed E-state index contributed by atoms with van der Waals surface area (Å²) in [4.78, 5) is 12.9. The molecule has 3 atom stereocenters. The highest BCUT2D eigenvalue weighted by atomic mass is 32.2. The number of pyridine rings is 1. The topological polar surface area (TPSA) is 143 Å². The Bertz CT molecular complexity index is 1250. The predicted octanol–water partition coefficient (Wildman–Crippen LogP) is 2.32. The average molecular weight is 504 g/mol. The molecule has 0 amide bonds. The van der Waals surface area contributed by atoms with Gasteiger partial charge < -0.3 is 14.2 Å². The van der Waals surface area contributed by atoms with Crippen LogP contribution in [0.1, 0.15) is 43.8 Å². The van der Waals surface area contributed by atoms with Gasteiger partial charge in [-0.1, -0.05) is 6.92 Å². The van der Waals surface area contributed by atoms with E-state index in [1.54, 1.807) is 49.3 Å². The lowest BCUT2D eigenvalue weighted by molar-refractivity contribution is 0.0466. The van der Waals surface area contributed by atoms with E-state index in [9.17, 15) is 8.42 Å². The Morgan fingerprint density at radius 1 is 1.26 bits per heavy atom. The van der Waals surface area contributed by atoms with Crippen LogP contribution in [0.3, 0.4) is 0 Å². The molecule has 35 heavy (non-hydrogen) atoms. The normalized spacial score (nSPS) is 17.0. The first-order valence-electron chi connectivity index (χ1n) is 11.3. The predicted molar refractivity (Wildman–Crippen MR) is 127 cm³/mol. The summed E-state index contributed by atoms with van der Waals surface area (Å²) in [6.45, 7) is 6.17. The van der Waals surface area contributed by atoms with Gasteiger partial charge in [0.15, 0.2) is 11.6 Å². The van der Waals surface area contributed by atoms with Crippen molar-refractivity contribution in [1.29, 1.82) is 0 Å². The fourth-order valence-corrected chi connectivity index (χ4v) is 4.83. The first-order chi connectivity index (χ1) is 16.9. The number of rotatable bonds is 10. The van der Waals surface area contributed by atoms with E-state index in [0.717, 1.165) is 5.56 Å². The van der Waals surface area contributed by atoms with Gasteiger partial charge in [0.25, 0.3) is 0 Å². The maximum Gasteiger partial charge on any atom is 0.240 e. The largest absolute Gasteiger partial charge is 0.475 e. The highest BCUT2D eigenvalue weighted by Gasteiger charge is 2.36. The standard InChI is InChI=1S/C22H29N7O5S/c1-5-9-33-18(19-24-10-14(2)11-25-19)15(3)35(30,31)28-22-27-26-20-17-7-6-8-23-21(17)34-13-16(12-32-4)29(20)22/h6-8,10-11,15-16,18H,5,9,12-13H2,1-4H3,(H,27,28)/t15-,16-,18-/m0/s1. The van der Waals surface area contributed by atoms with Gasteiger partial charge in [-0.25, -0.2) is 23.4 Å². The second-order valence-electron chi connectivity index (χ2n) is 8.26. The van der Waals surface area contributed by atoms with Crippen molar-refractivity contribution in [3.05, 3.63) is 42.1 Å². The first-order valence-corrected chi connectivity index (χ1v) is 12.8. The maximum atomic E-state index is 13.5. The number of anilines is 1. The molecule has 0 bridgehead atoms. The molecule has 12 nitrogen and oxygen atoms in total. The molecule has 1 aliphatic heterocycles. The molecule has 0 fully saturated rings. The van der Waals surface area contributed by atoms with Gasteiger partial charge in [-0.05, 0) is 38.0 Å². The summed E-state index contributed by atoms with van der Waals surface area (Å²) in [5, 5.41) is 7.38. The molecule has 3 aromatic heterocycles. The quantitative estimate of drug-likeness (QED) is 0.438. The van der Waals surface area contributed by atoms with E-state index in [2.05, 4.69) is 29.9 Å². The molecule has 0 spiro atoms. The summed E-state index contributed by atoms with van der Waals surface area (Å²) in [5.74, 6) is 1.17. The number of hydrogen-bond donors (Lipinski definition) is 1. The van der Waals surface area contributed by atoms with Crippen LogP contribution in [0.25, 0.3) is 11.4 Å². The Morgan fingerprint density at radius 3 is 2.74 bits per heavy atom. The van der Waals surface area contributed by atoms with Gasteiger partial charge >= 0.3 is 0 Å². The van der Waals surface area contributed by atoms with Gasteiger partial charge in [-0.15, -0.1) is 10.2 Å². The van der Waals surface area contributed by atoms with E-state index in [0.29, 0.717) is 36.1 Å². The molecule has 4 heterocycles. The molecule has 4 rings (SSSR count). The van der Waals surface area contributed by atoms with E-state index in [1.165, 1.54) is 0 Å². The van der Waals surface area contributed by atoms with Crippen LogP contribution in [0.2, 0.25) is 0 Å². The van der Waals surface area contributed by atoms with Crippen molar-refractivity contribution in [3.8, 4) is 17.3 Å². The summed E-state index contributed by atoms with van der Waals surface area (Å²) in [6.07, 6.45) is 4.73. The highest BCUT2D eigenvalue weighted by molar-refractivity contribution is 7.93. The van der Waals surface area contributed by atoms with Crippen molar-refractivity contribution in [2.24, 2.45) is 0 Å². The van der Waals surface area contributed by atoms with E-state index < -0.39 is 21.4 Å². The van der Waals surface area contributed by atoms with Gasteiger partial charge in [0.1, 0.15) is 18.0 Å². The Morgan fingerprint density at radius 2 is 2.03 bits per heavy atom. The number of hydrogen-bond acceptors (Lipinski definition) is 10. The zero-order valence-electron chi connectivity index (χ0n) is 20.1. The smallest absolute Gasteiger partial charge is 0.240 e. The molecule has 0 unspecified atom stereocenters. The minimum Gasteiger partial charge on any atom is -0.475 e. The molecule has 3 aromatic rings. The van der Waals surface area contributed by atoms with Crippen LogP contribution in [0.15, 0.2) is 30.7 Å². The van der Waals surface area contributed by atoms with E-state index in [4.69, 9.17) is 14.2 Å². The van der Waals surface area contributed by atoms with Crippen molar-refractivity contribution in [1.82, 2.24) is 29.7 Å². The number of ether oxygens (including phenoxy) is 3. The molecule has 1 aliphatic rings. The molecule has 0 saturated heterocycles. The molecule has 0 saturated carbocycles. The molecule has 13 heteroatoms. The summed E-state index contributed by atoms with van der Waals surface area (Å²) < 4.78 is 48.4. The van der Waals surface area contributed by atoms with Crippen LogP contribution in [-0.4, -0.2) is 70.3 Å². The van der Waals surface area contributed by atoms with Crippen molar-refractivity contribution in [2.75, 3.05) is 31.7 Å². The number of aryl methyl sites for hydroxylation is 1. The van der Waals surface area contributed by atoms with Gasteiger partial charge in [0, 0.05) is 32.3 Å². The molecule has 188 valence electrons. The molecule has 0 aromatic carbocycles. The second kappa shape index (κ2) is 10.6. The van der Waals surface area contributed by atoms with Crippen molar-refractivity contribution in [2.45, 2.75) is 44.6 Å². The van der Waals surface area contributed by atoms with E-state index >= 15 is 0 Å². The third kappa shape index (κ3) is 5.26. The lowest BCUT2D eigenvalue weighted by Gasteiger charge is -2.24. The Kier molecular flexibility index (Phi) is 7.57. The Labute approximate surface area is 204 Å². The van der Waals surface area contributed by atoms with Crippen molar-refractivity contribution in [3.63, 3.8) is 0 Å². The highest BCUT2D eigenvalue weighted by Crippen LogP contribution is 2.35. The minimum atomic E-state index is -4.01. The summed E-state index contributed by atoms with van der Waals surface area (Å²) in [6, 6.07) is 3.16. The molecule has 1 N–H and O–H groups in total. The Balaban J connectivity index is 1.69. The lowest BCUT2D eigenvalue weighted by Crippen LogP contribution is -2.35. The zero-order valence-corrected chi connectivity index (χ0v) is 20.9. The number of fused-ring (bicyclic) bond motifs is 3. The van der Waals surface area contributed by atoms with E-state index in [1.807, 2.05) is 13.8 Å². The minimum absolute atomic E-state index is 0.0493. The van der Waals surface area contributed by atoms with E-state index in [-0.39, 0.29) is 25.2 Å². The molecular weight excluding hydrogens is 474 g/mol. The Hall–Kier alpha value is -3.16. The molecular formula is C22H29N7O5S. The van der Waals surface area contributed by atoms with Crippen molar-refractivity contribution < 1.29 is 22.6 Å². The summed E-state index contributed by atoms with van der Waals surface area (Å²) in [5.41, 5.74) is 1.47. The zero-order chi connectivity index (χ0) is 25.0. The number of aromatic nitrogens is 6. The van der Waals surface area contributed by atoms with Crippen LogP contribution < -0.4 is 9.46 Å². The number of methoxy groups -OCH3 is 1. The monoisotopic (exact) mass is 503 g/mol. The second-order valence-corrected chi connectivity index (χ2v) is 10.3. The lowest BCUT2D eigenvalue weighted by atomic mass is 10.2. The maximum absolute atomic E-state index is 13.5. The van der Waals surface area contributed by atoms with Gasteiger partial charge in [0.05, 0.1) is 18.2 Å². The summed E-state index contributed by atoms with van der Waals surface area (Å²) >= 11 is 0. The molecule has 0 aliphatic carbocycles. The third-order valence-corrected chi connectivity index (χ3v) is 7.24. The number of nitrogens with zero attached hydrogens (tertiary/aromatic N) is 6. The van der Waals surface area contributed by atoms with Crippen LogP contribution in [0, 0.1) is 6.92 Å². The van der Waals surface area contributed by atoms with Gasteiger partial charge in [-0.3, -0.25) is 9.29 Å². The average Bonchev–Trinajstić information content (AvgIpc) is 3.18. The molecule has 0 radical (unpaired) electrons. The van der Waals surface area contributed by atoms with Gasteiger partial charge in [-0.2, -0.15) is 0 Å². The fourth-order valence-electron chi connectivity index (χ4n) is 3.73. The van der Waals surface area contributed by atoms with Crippen molar-refractivity contribution >= 4 is 16.0 Å². The van der Waals surface area contributed by atoms with Crippen LogP contribution in [0.4, 0.5) is 5.95 Å². The van der Waals surface area contributed by atoms with Gasteiger partial charge in [0.2, 0.25) is 21.9 Å².